The number of imidazole rings is 1. The maximum absolute atomic E-state index is 12.4. The number of aryl methyl sites for hydroxylation is 2. The van der Waals surface area contributed by atoms with E-state index in [4.69, 9.17) is 4.74 Å². The standard InChI is InChI=1S/C17H28N4O3/c1-16(2,3)24-15(23)20-17(4,5)14(22)18-10-12-11-21-9-7-6-8-13(21)19-12/h11H,6-10H2,1-5H3,(H,18,22)(H,20,23). The maximum atomic E-state index is 12.4. The second-order valence-electron chi connectivity index (χ2n) is 7.73. The van der Waals surface area contributed by atoms with E-state index in [0.29, 0.717) is 6.54 Å². The van der Waals surface area contributed by atoms with Crippen molar-refractivity contribution < 1.29 is 14.3 Å². The SMILES string of the molecule is CC(C)(C)OC(=O)NC(C)(C)C(=O)NCc1cn2c(n1)CCCC2. The van der Waals surface area contributed by atoms with Gasteiger partial charge in [0, 0.05) is 19.2 Å². The number of nitrogens with one attached hydrogen (secondary N) is 2. The van der Waals surface area contributed by atoms with Crippen LogP contribution in [0.25, 0.3) is 0 Å². The molecule has 0 unspecified atom stereocenters. The van der Waals surface area contributed by atoms with E-state index in [1.54, 1.807) is 34.6 Å². The van der Waals surface area contributed by atoms with Crippen LogP contribution in [0.5, 0.6) is 0 Å². The number of fused-ring (bicyclic) bond motifs is 1. The van der Waals surface area contributed by atoms with E-state index in [-0.39, 0.29) is 5.91 Å². The first-order valence-corrected chi connectivity index (χ1v) is 8.41. The summed E-state index contributed by atoms with van der Waals surface area (Å²) in [6, 6.07) is 0. The van der Waals surface area contributed by atoms with Gasteiger partial charge in [-0.05, 0) is 47.5 Å². The molecule has 1 aliphatic rings. The fraction of sp³-hybridized carbons (Fsp3) is 0.706. The third kappa shape index (κ3) is 4.97. The minimum Gasteiger partial charge on any atom is -0.444 e. The van der Waals surface area contributed by atoms with Gasteiger partial charge in [-0.1, -0.05) is 0 Å². The molecule has 0 fully saturated rings. The highest BCUT2D eigenvalue weighted by Crippen LogP contribution is 2.15. The van der Waals surface area contributed by atoms with Gasteiger partial charge in [-0.3, -0.25) is 4.79 Å². The van der Waals surface area contributed by atoms with Crippen LogP contribution in [0, 0.1) is 0 Å². The van der Waals surface area contributed by atoms with Gasteiger partial charge in [0.2, 0.25) is 5.91 Å². The number of hydrogen-bond donors (Lipinski definition) is 2. The molecule has 0 bridgehead atoms. The number of ether oxygens (including phenoxy) is 1. The Kier molecular flexibility index (Phi) is 5.20. The molecule has 1 aliphatic heterocycles. The quantitative estimate of drug-likeness (QED) is 0.882. The molecule has 0 atom stereocenters. The first-order valence-electron chi connectivity index (χ1n) is 8.41. The average molecular weight is 336 g/mol. The molecule has 7 heteroatoms. The third-order valence-corrected chi connectivity index (χ3v) is 3.77. The van der Waals surface area contributed by atoms with Crippen LogP contribution in [0.15, 0.2) is 6.20 Å². The Hall–Kier alpha value is -2.05. The lowest BCUT2D eigenvalue weighted by Gasteiger charge is -2.27. The van der Waals surface area contributed by atoms with Gasteiger partial charge >= 0.3 is 6.09 Å². The summed E-state index contributed by atoms with van der Waals surface area (Å²) >= 11 is 0. The smallest absolute Gasteiger partial charge is 0.408 e. The molecule has 2 N–H and O–H groups in total. The fourth-order valence-electron chi connectivity index (χ4n) is 2.56. The summed E-state index contributed by atoms with van der Waals surface area (Å²) in [7, 11) is 0. The molecule has 0 aromatic carbocycles. The van der Waals surface area contributed by atoms with Gasteiger partial charge in [-0.15, -0.1) is 0 Å². The van der Waals surface area contributed by atoms with Crippen LogP contribution in [0.4, 0.5) is 4.79 Å². The lowest BCUT2D eigenvalue weighted by Crippen LogP contribution is -2.55. The Morgan fingerprint density at radius 1 is 1.25 bits per heavy atom. The zero-order valence-corrected chi connectivity index (χ0v) is 15.2. The third-order valence-electron chi connectivity index (χ3n) is 3.77. The van der Waals surface area contributed by atoms with Gasteiger partial charge in [-0.2, -0.15) is 0 Å². The van der Waals surface area contributed by atoms with Gasteiger partial charge in [0.1, 0.15) is 17.0 Å². The zero-order valence-electron chi connectivity index (χ0n) is 15.2. The van der Waals surface area contributed by atoms with Crippen molar-refractivity contribution in [3.05, 3.63) is 17.7 Å². The predicted molar refractivity (Wildman–Crippen MR) is 90.5 cm³/mol. The van der Waals surface area contributed by atoms with Crippen LogP contribution < -0.4 is 10.6 Å². The van der Waals surface area contributed by atoms with Crippen molar-refractivity contribution in [1.82, 2.24) is 20.2 Å². The fourth-order valence-corrected chi connectivity index (χ4v) is 2.56. The van der Waals surface area contributed by atoms with Crippen LogP contribution in [0.3, 0.4) is 0 Å². The van der Waals surface area contributed by atoms with E-state index in [9.17, 15) is 9.59 Å². The molecule has 24 heavy (non-hydrogen) atoms. The molecule has 1 aromatic heterocycles. The van der Waals surface area contributed by atoms with Crippen molar-refractivity contribution in [3.63, 3.8) is 0 Å². The number of hydrogen-bond acceptors (Lipinski definition) is 4. The molecule has 0 saturated heterocycles. The Labute approximate surface area is 143 Å². The van der Waals surface area contributed by atoms with Crippen molar-refractivity contribution in [3.8, 4) is 0 Å². The van der Waals surface area contributed by atoms with Crippen LogP contribution in [-0.4, -0.2) is 32.7 Å². The van der Waals surface area contributed by atoms with E-state index in [2.05, 4.69) is 20.2 Å². The normalized spacial score (nSPS) is 14.7. The lowest BCUT2D eigenvalue weighted by molar-refractivity contribution is -0.126. The molecular formula is C17H28N4O3. The summed E-state index contributed by atoms with van der Waals surface area (Å²) in [6.45, 7) is 9.95. The van der Waals surface area contributed by atoms with E-state index >= 15 is 0 Å². The second-order valence-corrected chi connectivity index (χ2v) is 7.73. The summed E-state index contributed by atoms with van der Waals surface area (Å²) in [4.78, 5) is 28.8. The summed E-state index contributed by atoms with van der Waals surface area (Å²) in [5, 5.41) is 5.43. The highest BCUT2D eigenvalue weighted by atomic mass is 16.6. The van der Waals surface area contributed by atoms with Crippen molar-refractivity contribution in [1.29, 1.82) is 0 Å². The first-order chi connectivity index (χ1) is 11.1. The minimum atomic E-state index is -1.07. The number of carbonyl (C=O) groups excluding carboxylic acids is 2. The molecular weight excluding hydrogens is 308 g/mol. The molecule has 0 saturated carbocycles. The van der Waals surface area contributed by atoms with Crippen LogP contribution in [0.2, 0.25) is 0 Å². The van der Waals surface area contributed by atoms with Gasteiger partial charge in [-0.25, -0.2) is 9.78 Å². The number of rotatable bonds is 4. The lowest BCUT2D eigenvalue weighted by atomic mass is 10.1. The predicted octanol–water partition coefficient (Wildman–Crippen LogP) is 2.14. The maximum Gasteiger partial charge on any atom is 0.408 e. The zero-order chi connectivity index (χ0) is 18.0. The summed E-state index contributed by atoms with van der Waals surface area (Å²) < 4.78 is 7.34. The minimum absolute atomic E-state index is 0.278. The van der Waals surface area contributed by atoms with Gasteiger partial charge in [0.05, 0.1) is 12.2 Å². The average Bonchev–Trinajstić information content (AvgIpc) is 2.84. The second kappa shape index (κ2) is 6.83. The molecule has 2 amide bonds. The number of nitrogens with zero attached hydrogens (tertiary/aromatic N) is 2. The summed E-state index contributed by atoms with van der Waals surface area (Å²) in [5.74, 6) is 0.802. The largest absolute Gasteiger partial charge is 0.444 e. The number of aromatic nitrogens is 2. The highest BCUT2D eigenvalue weighted by Gasteiger charge is 2.31. The van der Waals surface area contributed by atoms with Gasteiger partial charge in [0.15, 0.2) is 0 Å². The van der Waals surface area contributed by atoms with Crippen molar-refractivity contribution >= 4 is 12.0 Å². The molecule has 0 radical (unpaired) electrons. The summed E-state index contributed by atoms with van der Waals surface area (Å²) in [6.07, 6.45) is 4.69. The van der Waals surface area contributed by atoms with Crippen LogP contribution in [0.1, 0.15) is 59.0 Å². The van der Waals surface area contributed by atoms with Crippen molar-refractivity contribution in [2.45, 2.75) is 78.1 Å². The number of alkyl carbamates (subject to hydrolysis) is 1. The van der Waals surface area contributed by atoms with E-state index in [0.717, 1.165) is 30.9 Å². The van der Waals surface area contributed by atoms with Gasteiger partial charge < -0.3 is 19.9 Å². The molecule has 134 valence electrons. The topological polar surface area (TPSA) is 85.2 Å². The molecule has 7 nitrogen and oxygen atoms in total. The first kappa shape index (κ1) is 18.3. The Balaban J connectivity index is 1.88. The van der Waals surface area contributed by atoms with Crippen molar-refractivity contribution in [2.24, 2.45) is 0 Å². The molecule has 0 spiro atoms. The summed E-state index contributed by atoms with van der Waals surface area (Å²) in [5.41, 5.74) is -0.832. The monoisotopic (exact) mass is 336 g/mol. The number of carbonyl (C=O) groups is 2. The van der Waals surface area contributed by atoms with E-state index in [1.807, 2.05) is 6.20 Å². The Bertz CT molecular complexity index is 590. The van der Waals surface area contributed by atoms with E-state index in [1.165, 1.54) is 6.42 Å². The Morgan fingerprint density at radius 2 is 1.96 bits per heavy atom. The van der Waals surface area contributed by atoms with Gasteiger partial charge in [0.25, 0.3) is 0 Å². The number of amides is 2. The Morgan fingerprint density at radius 3 is 2.58 bits per heavy atom. The van der Waals surface area contributed by atoms with Crippen LogP contribution in [-0.2, 0) is 29.0 Å². The van der Waals surface area contributed by atoms with Crippen LogP contribution >= 0.6 is 0 Å². The molecule has 1 aromatic rings. The molecule has 2 heterocycles. The molecule has 2 rings (SSSR count). The molecule has 0 aliphatic carbocycles. The highest BCUT2D eigenvalue weighted by molar-refractivity contribution is 5.89. The van der Waals surface area contributed by atoms with E-state index < -0.39 is 17.2 Å². The van der Waals surface area contributed by atoms with Crippen molar-refractivity contribution in [2.75, 3.05) is 0 Å².